The third-order valence-corrected chi connectivity index (χ3v) is 4.85. The minimum Gasteiger partial charge on any atom is -0.475 e. The Hall–Kier alpha value is -3.41. The van der Waals surface area contributed by atoms with Gasteiger partial charge >= 0.3 is 12.1 Å². The number of rotatable bonds is 6. The van der Waals surface area contributed by atoms with Gasteiger partial charge in [0.05, 0.1) is 17.9 Å². The lowest BCUT2D eigenvalue weighted by molar-refractivity contribution is -0.192. The summed E-state index contributed by atoms with van der Waals surface area (Å²) in [6.07, 6.45) is 2.62. The topological polar surface area (TPSA) is 98.3 Å². The number of nitrogens with zero attached hydrogens (tertiary/aromatic N) is 6. The van der Waals surface area contributed by atoms with Crippen molar-refractivity contribution in [3.05, 3.63) is 60.3 Å². The van der Waals surface area contributed by atoms with Gasteiger partial charge in [-0.1, -0.05) is 6.07 Å². The van der Waals surface area contributed by atoms with E-state index in [0.717, 1.165) is 19.6 Å². The van der Waals surface area contributed by atoms with E-state index >= 15 is 0 Å². The van der Waals surface area contributed by atoms with Crippen molar-refractivity contribution in [3.8, 4) is 5.88 Å². The predicted molar refractivity (Wildman–Crippen MR) is 111 cm³/mol. The summed E-state index contributed by atoms with van der Waals surface area (Å²) in [5.41, 5.74) is 2.44. The van der Waals surface area contributed by atoms with Crippen molar-refractivity contribution in [2.45, 2.75) is 45.2 Å². The van der Waals surface area contributed by atoms with Gasteiger partial charge < -0.3 is 9.84 Å². The van der Waals surface area contributed by atoms with E-state index < -0.39 is 12.1 Å². The lowest BCUT2D eigenvalue weighted by atomic mass is 10.2. The molecule has 0 aliphatic carbocycles. The molecule has 3 aromatic heterocycles. The molecule has 0 bridgehead atoms. The van der Waals surface area contributed by atoms with Crippen LogP contribution < -0.4 is 4.74 Å². The number of carboxylic acid groups (broad SMARTS) is 1. The molecule has 0 amide bonds. The summed E-state index contributed by atoms with van der Waals surface area (Å²) in [4.78, 5) is 15.6. The van der Waals surface area contributed by atoms with Crippen LogP contribution in [0.1, 0.15) is 37.2 Å². The van der Waals surface area contributed by atoms with E-state index in [1.54, 1.807) is 6.20 Å². The molecule has 0 saturated heterocycles. The second-order valence-corrected chi connectivity index (χ2v) is 7.79. The van der Waals surface area contributed by atoms with E-state index in [-0.39, 0.29) is 6.04 Å². The molecule has 33 heavy (non-hydrogen) atoms. The van der Waals surface area contributed by atoms with Gasteiger partial charge in [-0.2, -0.15) is 23.4 Å². The molecule has 0 aromatic carbocycles. The minimum atomic E-state index is -5.08. The molecular formula is C21H25F3N6O3. The molecule has 3 aromatic rings. The highest BCUT2D eigenvalue weighted by molar-refractivity contribution is 5.73. The minimum absolute atomic E-state index is 0.163. The number of aromatic nitrogens is 5. The van der Waals surface area contributed by atoms with E-state index in [9.17, 15) is 13.2 Å². The Bertz CT molecular complexity index is 1040. The smallest absolute Gasteiger partial charge is 0.475 e. The Kier molecular flexibility index (Phi) is 7.69. The highest BCUT2D eigenvalue weighted by Gasteiger charge is 2.38. The normalized spacial score (nSPS) is 16.1. The van der Waals surface area contributed by atoms with Gasteiger partial charge in [0.15, 0.2) is 0 Å². The first kappa shape index (κ1) is 24.2. The number of alkyl halides is 3. The number of halogens is 3. The average Bonchev–Trinajstić information content (AvgIpc) is 3.42. The lowest BCUT2D eigenvalue weighted by Gasteiger charge is -2.33. The molecule has 0 saturated carbocycles. The summed E-state index contributed by atoms with van der Waals surface area (Å²) in [6.45, 7) is 7.47. The van der Waals surface area contributed by atoms with Gasteiger partial charge in [0.1, 0.15) is 6.61 Å². The first-order valence-corrected chi connectivity index (χ1v) is 10.2. The molecule has 1 atom stereocenters. The largest absolute Gasteiger partial charge is 0.490 e. The fourth-order valence-corrected chi connectivity index (χ4v) is 3.32. The van der Waals surface area contributed by atoms with Crippen LogP contribution in [-0.2, 0) is 17.9 Å². The number of hydrogen-bond acceptors (Lipinski definition) is 6. The molecule has 1 aliphatic rings. The average molecular weight is 466 g/mol. The predicted octanol–water partition coefficient (Wildman–Crippen LogP) is 3.32. The summed E-state index contributed by atoms with van der Waals surface area (Å²) >= 11 is 0. The highest BCUT2D eigenvalue weighted by atomic mass is 19.4. The number of ether oxygens (including phenoxy) is 1. The summed E-state index contributed by atoms with van der Waals surface area (Å²) in [5, 5.41) is 16.1. The Labute approximate surface area is 188 Å². The molecule has 9 nitrogen and oxygen atoms in total. The van der Waals surface area contributed by atoms with Crippen molar-refractivity contribution < 1.29 is 27.8 Å². The fraction of sp³-hybridized carbons (Fsp3) is 0.429. The van der Waals surface area contributed by atoms with Crippen LogP contribution in [0.15, 0.2) is 49.1 Å². The molecule has 4 rings (SSSR count). The Morgan fingerprint density at radius 2 is 2.00 bits per heavy atom. The van der Waals surface area contributed by atoms with Gasteiger partial charge in [-0.3, -0.25) is 14.3 Å². The standard InChI is InChI=1S/C19H24N6O.C2HF3O2/c1-15(2)24-11-16(9-22-24)10-23-12-17-6-8-21-25(17)18(13-23)14-26-19-5-3-4-7-20-19;3-2(4,5)1(6)7/h3-9,11,15,18H,10,12-14H2,1-2H3;(H,6,7). The quantitative estimate of drug-likeness (QED) is 0.595. The molecule has 0 radical (unpaired) electrons. The Morgan fingerprint density at radius 3 is 2.61 bits per heavy atom. The van der Waals surface area contributed by atoms with Crippen LogP contribution in [0.5, 0.6) is 5.88 Å². The number of carboxylic acids is 1. The van der Waals surface area contributed by atoms with E-state index in [4.69, 9.17) is 14.6 Å². The summed E-state index contributed by atoms with van der Waals surface area (Å²) < 4.78 is 41.7. The number of aliphatic carboxylic acids is 1. The second-order valence-electron chi connectivity index (χ2n) is 7.79. The van der Waals surface area contributed by atoms with Gasteiger partial charge in [0.2, 0.25) is 5.88 Å². The molecule has 1 aliphatic heterocycles. The summed E-state index contributed by atoms with van der Waals surface area (Å²) in [7, 11) is 0. The molecule has 1 unspecified atom stereocenters. The fourth-order valence-electron chi connectivity index (χ4n) is 3.32. The van der Waals surface area contributed by atoms with Gasteiger partial charge in [-0.05, 0) is 26.0 Å². The number of pyridine rings is 1. The van der Waals surface area contributed by atoms with Crippen LogP contribution in [0.4, 0.5) is 13.2 Å². The maximum Gasteiger partial charge on any atom is 0.490 e. The van der Waals surface area contributed by atoms with Crippen LogP contribution in [-0.4, -0.2) is 59.8 Å². The molecule has 178 valence electrons. The zero-order chi connectivity index (χ0) is 24.0. The van der Waals surface area contributed by atoms with Gasteiger partial charge in [0, 0.05) is 55.9 Å². The van der Waals surface area contributed by atoms with Crippen molar-refractivity contribution in [3.63, 3.8) is 0 Å². The number of carbonyl (C=O) groups is 1. The van der Waals surface area contributed by atoms with E-state index in [1.807, 2.05) is 35.3 Å². The maximum absolute atomic E-state index is 10.6. The zero-order valence-corrected chi connectivity index (χ0v) is 18.2. The molecule has 4 heterocycles. The monoisotopic (exact) mass is 466 g/mol. The van der Waals surface area contributed by atoms with Gasteiger partial charge in [-0.15, -0.1) is 0 Å². The van der Waals surface area contributed by atoms with Crippen LogP contribution in [0, 0.1) is 0 Å². The van der Waals surface area contributed by atoms with Crippen molar-refractivity contribution in [2.24, 2.45) is 0 Å². The van der Waals surface area contributed by atoms with E-state index in [2.05, 4.69) is 50.9 Å². The molecular weight excluding hydrogens is 441 g/mol. The van der Waals surface area contributed by atoms with E-state index in [0.29, 0.717) is 18.5 Å². The van der Waals surface area contributed by atoms with E-state index in [1.165, 1.54) is 11.3 Å². The van der Waals surface area contributed by atoms with Gasteiger partial charge in [-0.25, -0.2) is 9.78 Å². The third kappa shape index (κ3) is 6.78. The van der Waals surface area contributed by atoms with Crippen molar-refractivity contribution in [1.82, 2.24) is 29.4 Å². The van der Waals surface area contributed by atoms with Crippen molar-refractivity contribution in [1.29, 1.82) is 0 Å². The maximum atomic E-state index is 10.6. The first-order chi connectivity index (χ1) is 15.6. The molecule has 12 heteroatoms. The van der Waals surface area contributed by atoms with Crippen molar-refractivity contribution in [2.75, 3.05) is 13.2 Å². The first-order valence-electron chi connectivity index (χ1n) is 10.2. The second kappa shape index (κ2) is 10.5. The van der Waals surface area contributed by atoms with Crippen LogP contribution in [0.2, 0.25) is 0 Å². The molecule has 1 N–H and O–H groups in total. The van der Waals surface area contributed by atoms with Crippen LogP contribution >= 0.6 is 0 Å². The highest BCUT2D eigenvalue weighted by Crippen LogP contribution is 2.23. The molecule has 0 fully saturated rings. The molecule has 0 spiro atoms. The lowest BCUT2D eigenvalue weighted by Crippen LogP contribution is -2.39. The number of hydrogen-bond donors (Lipinski definition) is 1. The third-order valence-electron chi connectivity index (χ3n) is 4.85. The summed E-state index contributed by atoms with van der Waals surface area (Å²) in [5.74, 6) is -2.11. The zero-order valence-electron chi connectivity index (χ0n) is 18.2. The Morgan fingerprint density at radius 1 is 1.24 bits per heavy atom. The number of fused-ring (bicyclic) bond motifs is 1. The SMILES string of the molecule is CC(C)n1cc(CN2Cc3ccnn3C(COc3ccccn3)C2)cn1.O=C(O)C(F)(F)F. The van der Waals surface area contributed by atoms with Crippen molar-refractivity contribution >= 4 is 5.97 Å². The summed E-state index contributed by atoms with van der Waals surface area (Å²) in [6, 6.07) is 8.32. The Balaban J connectivity index is 0.000000383. The van der Waals surface area contributed by atoms with Crippen LogP contribution in [0.25, 0.3) is 0 Å². The van der Waals surface area contributed by atoms with Crippen LogP contribution in [0.3, 0.4) is 0 Å². The van der Waals surface area contributed by atoms with Gasteiger partial charge in [0.25, 0.3) is 0 Å².